The molecule has 10 nitrogen and oxygen atoms in total. The smallest absolute Gasteiger partial charge is 0.323 e. The Hall–Kier alpha value is -3.83. The molecule has 0 radical (unpaired) electrons. The molecule has 1 fully saturated rings. The van der Waals surface area contributed by atoms with Gasteiger partial charge < -0.3 is 30.9 Å². The number of likely N-dealkylation sites (N-methyl/N-ethyl adjacent to an activating group) is 1. The average Bonchev–Trinajstić information content (AvgIpc) is 3.53. The number of amides is 4. The fourth-order valence-electron chi connectivity index (χ4n) is 4.57. The molecule has 0 bridgehead atoms. The molecule has 3 aromatic rings. The Morgan fingerprint density at radius 3 is 2.76 bits per heavy atom. The molecule has 202 valence electrons. The molecule has 0 saturated carbocycles. The van der Waals surface area contributed by atoms with Gasteiger partial charge in [-0.25, -0.2) is 14.0 Å². The monoisotopic (exact) mass is 544 g/mol. The van der Waals surface area contributed by atoms with Gasteiger partial charge in [0.25, 0.3) is 0 Å². The highest BCUT2D eigenvalue weighted by Crippen LogP contribution is 2.28. The van der Waals surface area contributed by atoms with Gasteiger partial charge in [0.05, 0.1) is 22.8 Å². The van der Waals surface area contributed by atoms with Gasteiger partial charge in [-0.2, -0.15) is 0 Å². The van der Waals surface area contributed by atoms with Gasteiger partial charge in [-0.05, 0) is 31.0 Å². The number of anilines is 2. The summed E-state index contributed by atoms with van der Waals surface area (Å²) in [5.74, 6) is -1.01. The number of carbonyl (C=O) groups is 3. The molecule has 2 aromatic carbocycles. The third-order valence-corrected chi connectivity index (χ3v) is 6.90. The van der Waals surface area contributed by atoms with Gasteiger partial charge in [-0.1, -0.05) is 29.8 Å². The molecule has 1 atom stereocenters. The molecular weight excluding hydrogens is 515 g/mol. The summed E-state index contributed by atoms with van der Waals surface area (Å²) in [7, 11) is 3.43. The topological polar surface area (TPSA) is 122 Å². The zero-order valence-corrected chi connectivity index (χ0v) is 21.9. The number of rotatable bonds is 8. The molecule has 1 aromatic heterocycles. The predicted octanol–water partition coefficient (Wildman–Crippen LogP) is 3.76. The molecule has 0 spiro atoms. The molecule has 12 heteroatoms. The van der Waals surface area contributed by atoms with Crippen molar-refractivity contribution in [1.29, 1.82) is 0 Å². The number of likely N-dealkylation sites (tertiary alicyclic amines) is 1. The third-order valence-electron chi connectivity index (χ3n) is 6.62. The zero-order valence-electron chi connectivity index (χ0n) is 21.2. The Bertz CT molecular complexity index is 1360. The predicted molar refractivity (Wildman–Crippen MR) is 144 cm³/mol. The van der Waals surface area contributed by atoms with Crippen LogP contribution in [0.15, 0.2) is 42.6 Å². The number of urea groups is 1. The van der Waals surface area contributed by atoms with E-state index in [1.165, 1.54) is 21.7 Å². The van der Waals surface area contributed by atoms with E-state index in [4.69, 9.17) is 22.1 Å². The minimum Gasteiger partial charge on any atom is -0.383 e. The molecular formula is C26H30ClFN6O4. The number of hydrogen-bond donors (Lipinski definition) is 3. The standard InChI is InChI=1S/C26H30ClFN6O4/c1-32(10-11-38-2)17-12-16(23(28)19(27)13-17)14-30-24(35)22-8-5-9-33(22)26(37)31-20-15-34(25(29)36)21-7-4-3-6-18(20)21/h3-4,6-7,12-13,15,22H,5,8-11,14H2,1-2H3,(H2,29,36)(H,30,35)(H,31,37)/t22-/m0/s1. The summed E-state index contributed by atoms with van der Waals surface area (Å²) in [6.07, 6.45) is 2.55. The van der Waals surface area contributed by atoms with Crippen LogP contribution in [0, 0.1) is 5.82 Å². The van der Waals surface area contributed by atoms with E-state index in [1.54, 1.807) is 37.4 Å². The van der Waals surface area contributed by atoms with Gasteiger partial charge >= 0.3 is 12.1 Å². The summed E-state index contributed by atoms with van der Waals surface area (Å²) >= 11 is 6.11. The number of methoxy groups -OCH3 is 1. The van der Waals surface area contributed by atoms with E-state index < -0.39 is 29.8 Å². The van der Waals surface area contributed by atoms with Crippen LogP contribution in [0.3, 0.4) is 0 Å². The molecule has 2 heterocycles. The van der Waals surface area contributed by atoms with Crippen molar-refractivity contribution in [3.8, 4) is 0 Å². The number of aromatic nitrogens is 1. The lowest BCUT2D eigenvalue weighted by Gasteiger charge is -2.24. The van der Waals surface area contributed by atoms with E-state index in [9.17, 15) is 18.8 Å². The normalized spacial score (nSPS) is 15.1. The number of hydrogen-bond acceptors (Lipinski definition) is 5. The Morgan fingerprint density at radius 1 is 1.26 bits per heavy atom. The third kappa shape index (κ3) is 5.68. The maximum atomic E-state index is 14.7. The number of halogens is 2. The largest absolute Gasteiger partial charge is 0.383 e. The summed E-state index contributed by atoms with van der Waals surface area (Å²) in [6, 6.07) is 8.29. The van der Waals surface area contributed by atoms with Gasteiger partial charge in [-0.15, -0.1) is 0 Å². The summed E-state index contributed by atoms with van der Waals surface area (Å²) < 4.78 is 21.1. The quantitative estimate of drug-likeness (QED) is 0.398. The van der Waals surface area contributed by atoms with Gasteiger partial charge in [0.2, 0.25) is 5.91 Å². The number of benzene rings is 2. The number of ether oxygens (including phenoxy) is 1. The molecule has 0 unspecified atom stereocenters. The SMILES string of the molecule is COCCN(C)c1cc(Cl)c(F)c(CNC(=O)[C@@H]2CCCN2C(=O)Nc2cn(C(N)=O)c3ccccc23)c1. The second-order valence-electron chi connectivity index (χ2n) is 9.08. The molecule has 4 amide bonds. The summed E-state index contributed by atoms with van der Waals surface area (Å²) in [5.41, 5.74) is 7.35. The molecule has 4 N–H and O–H groups in total. The van der Waals surface area contributed by atoms with E-state index in [1.807, 2.05) is 11.9 Å². The van der Waals surface area contributed by atoms with Crippen molar-refractivity contribution in [3.05, 3.63) is 59.0 Å². The van der Waals surface area contributed by atoms with Crippen LogP contribution in [-0.4, -0.2) is 67.3 Å². The Morgan fingerprint density at radius 2 is 2.03 bits per heavy atom. The number of nitrogens with zero attached hydrogens (tertiary/aromatic N) is 3. The summed E-state index contributed by atoms with van der Waals surface area (Å²) in [4.78, 5) is 41.3. The van der Waals surface area contributed by atoms with Crippen molar-refractivity contribution in [3.63, 3.8) is 0 Å². The van der Waals surface area contributed by atoms with E-state index >= 15 is 0 Å². The number of primary amides is 1. The Labute approximate surface area is 224 Å². The average molecular weight is 545 g/mol. The second kappa shape index (κ2) is 11.7. The van der Waals surface area contributed by atoms with E-state index in [-0.39, 0.29) is 17.1 Å². The van der Waals surface area contributed by atoms with Crippen molar-refractivity contribution >= 4 is 51.8 Å². The minimum atomic E-state index is -0.731. The molecule has 1 aliphatic heterocycles. The van der Waals surface area contributed by atoms with Gasteiger partial charge in [0.1, 0.15) is 11.9 Å². The van der Waals surface area contributed by atoms with Crippen molar-refractivity contribution in [2.45, 2.75) is 25.4 Å². The van der Waals surface area contributed by atoms with E-state index in [0.29, 0.717) is 54.8 Å². The highest BCUT2D eigenvalue weighted by Gasteiger charge is 2.34. The fourth-order valence-corrected chi connectivity index (χ4v) is 4.80. The first-order valence-electron chi connectivity index (χ1n) is 12.1. The molecule has 1 aliphatic rings. The zero-order chi connectivity index (χ0) is 27.4. The van der Waals surface area contributed by atoms with Gasteiger partial charge in [-0.3, -0.25) is 9.36 Å². The lowest BCUT2D eigenvalue weighted by Crippen LogP contribution is -2.47. The van der Waals surface area contributed by atoms with E-state index in [2.05, 4.69) is 10.6 Å². The first kappa shape index (κ1) is 27.2. The second-order valence-corrected chi connectivity index (χ2v) is 9.49. The Kier molecular flexibility index (Phi) is 8.38. The highest BCUT2D eigenvalue weighted by atomic mass is 35.5. The van der Waals surface area contributed by atoms with Crippen molar-refractivity contribution in [2.75, 3.05) is 44.1 Å². The number of carbonyl (C=O) groups excluding carboxylic acids is 3. The number of fused-ring (bicyclic) bond motifs is 1. The highest BCUT2D eigenvalue weighted by molar-refractivity contribution is 6.31. The van der Waals surface area contributed by atoms with Crippen molar-refractivity contribution < 1.29 is 23.5 Å². The number of nitrogens with one attached hydrogen (secondary N) is 2. The summed E-state index contributed by atoms with van der Waals surface area (Å²) in [5, 5.41) is 6.14. The molecule has 4 rings (SSSR count). The van der Waals surface area contributed by atoms with Crippen LogP contribution in [0.1, 0.15) is 18.4 Å². The maximum absolute atomic E-state index is 14.7. The lowest BCUT2D eigenvalue weighted by atomic mass is 10.1. The van der Waals surface area contributed by atoms with Crippen LogP contribution in [0.2, 0.25) is 5.02 Å². The Balaban J connectivity index is 1.45. The first-order valence-corrected chi connectivity index (χ1v) is 12.5. The van der Waals surface area contributed by atoms with Crippen molar-refractivity contribution in [2.24, 2.45) is 5.73 Å². The van der Waals surface area contributed by atoms with Crippen LogP contribution in [0.4, 0.5) is 25.4 Å². The van der Waals surface area contributed by atoms with Crippen LogP contribution >= 0.6 is 11.6 Å². The number of para-hydroxylation sites is 1. The van der Waals surface area contributed by atoms with Crippen LogP contribution < -0.4 is 21.3 Å². The van der Waals surface area contributed by atoms with Crippen LogP contribution in [-0.2, 0) is 16.1 Å². The first-order chi connectivity index (χ1) is 18.2. The van der Waals surface area contributed by atoms with E-state index in [0.717, 1.165) is 0 Å². The van der Waals surface area contributed by atoms with Crippen LogP contribution in [0.5, 0.6) is 0 Å². The van der Waals surface area contributed by atoms with Gasteiger partial charge in [0.15, 0.2) is 0 Å². The molecule has 0 aliphatic carbocycles. The summed E-state index contributed by atoms with van der Waals surface area (Å²) in [6.45, 7) is 1.35. The maximum Gasteiger partial charge on any atom is 0.323 e. The fraction of sp³-hybridized carbons (Fsp3) is 0.346. The van der Waals surface area contributed by atoms with Gasteiger partial charge in [0, 0.05) is 56.6 Å². The van der Waals surface area contributed by atoms with Crippen LogP contribution in [0.25, 0.3) is 10.9 Å². The molecule has 38 heavy (non-hydrogen) atoms. The number of nitrogens with two attached hydrogens (primary N) is 1. The minimum absolute atomic E-state index is 0.0481. The molecule has 1 saturated heterocycles. The van der Waals surface area contributed by atoms with Crippen molar-refractivity contribution in [1.82, 2.24) is 14.8 Å². The lowest BCUT2D eigenvalue weighted by molar-refractivity contribution is -0.124.